The number of aromatic nitrogens is 1. The highest BCUT2D eigenvalue weighted by Gasteiger charge is 2.23. The number of hydrogen-bond acceptors (Lipinski definition) is 2. The van der Waals surface area contributed by atoms with E-state index in [4.69, 9.17) is 0 Å². The molecule has 0 atom stereocenters. The lowest BCUT2D eigenvalue weighted by atomic mass is 9.99. The Morgan fingerprint density at radius 1 is 1.29 bits per heavy atom. The van der Waals surface area contributed by atoms with E-state index in [0.29, 0.717) is 12.2 Å². The molecule has 0 N–H and O–H groups in total. The van der Waals surface area contributed by atoms with Gasteiger partial charge < -0.3 is 0 Å². The zero-order chi connectivity index (χ0) is 12.1. The standard InChI is InChI=1S/C15H19NO/c1-2-3-4-6-12-8-9-14(17)15(12)13-7-5-10-16-11-13/h5,7,10-11H,2-4,6,8-9H2,1H3. The molecule has 1 aliphatic carbocycles. The van der Waals surface area contributed by atoms with Crippen LogP contribution in [-0.4, -0.2) is 10.8 Å². The molecule has 2 nitrogen and oxygen atoms in total. The molecule has 0 aromatic carbocycles. The predicted molar refractivity (Wildman–Crippen MR) is 69.5 cm³/mol. The maximum atomic E-state index is 11.9. The molecule has 0 radical (unpaired) electrons. The molecule has 17 heavy (non-hydrogen) atoms. The molecule has 0 fully saturated rings. The number of unbranched alkanes of at least 4 members (excludes halogenated alkanes) is 2. The van der Waals surface area contributed by atoms with Gasteiger partial charge in [-0.3, -0.25) is 9.78 Å². The molecule has 1 heterocycles. The second kappa shape index (κ2) is 5.76. The van der Waals surface area contributed by atoms with Crippen LogP contribution in [0, 0.1) is 0 Å². The van der Waals surface area contributed by atoms with Crippen molar-refractivity contribution in [3.8, 4) is 0 Å². The van der Waals surface area contributed by atoms with Crippen molar-refractivity contribution in [3.63, 3.8) is 0 Å². The minimum atomic E-state index is 0.296. The molecule has 0 unspecified atom stereocenters. The van der Waals surface area contributed by atoms with E-state index in [1.807, 2.05) is 12.1 Å². The van der Waals surface area contributed by atoms with Crippen molar-refractivity contribution in [2.24, 2.45) is 0 Å². The first kappa shape index (κ1) is 12.0. The van der Waals surface area contributed by atoms with Gasteiger partial charge in [0.2, 0.25) is 0 Å². The third-order valence-electron chi connectivity index (χ3n) is 3.32. The van der Waals surface area contributed by atoms with Crippen LogP contribution in [0.15, 0.2) is 30.1 Å². The van der Waals surface area contributed by atoms with E-state index in [0.717, 1.165) is 24.0 Å². The zero-order valence-electron chi connectivity index (χ0n) is 10.4. The summed E-state index contributed by atoms with van der Waals surface area (Å²) in [5.74, 6) is 0.296. The maximum Gasteiger partial charge on any atom is 0.163 e. The molecule has 0 amide bonds. The maximum absolute atomic E-state index is 11.9. The lowest BCUT2D eigenvalue weighted by Crippen LogP contribution is -1.96. The summed E-state index contributed by atoms with van der Waals surface area (Å²) in [7, 11) is 0. The minimum Gasteiger partial charge on any atom is -0.294 e. The molecule has 90 valence electrons. The van der Waals surface area contributed by atoms with Crippen molar-refractivity contribution in [1.82, 2.24) is 4.98 Å². The highest BCUT2D eigenvalue weighted by molar-refractivity contribution is 6.23. The van der Waals surface area contributed by atoms with Crippen LogP contribution in [0.3, 0.4) is 0 Å². The summed E-state index contributed by atoms with van der Waals surface area (Å²) in [6.07, 6.45) is 9.94. The Labute approximate surface area is 103 Å². The fourth-order valence-corrected chi connectivity index (χ4v) is 2.43. The molecule has 0 saturated carbocycles. The van der Waals surface area contributed by atoms with E-state index < -0.39 is 0 Å². The smallest absolute Gasteiger partial charge is 0.163 e. The highest BCUT2D eigenvalue weighted by atomic mass is 16.1. The minimum absolute atomic E-state index is 0.296. The van der Waals surface area contributed by atoms with Gasteiger partial charge in [0, 0.05) is 30.0 Å². The van der Waals surface area contributed by atoms with Crippen molar-refractivity contribution in [2.45, 2.75) is 45.4 Å². The van der Waals surface area contributed by atoms with Gasteiger partial charge in [-0.05, 0) is 25.3 Å². The Balaban J connectivity index is 2.20. The van der Waals surface area contributed by atoms with Gasteiger partial charge in [-0.2, -0.15) is 0 Å². The van der Waals surface area contributed by atoms with E-state index in [1.165, 1.54) is 24.8 Å². The van der Waals surface area contributed by atoms with Gasteiger partial charge in [-0.15, -0.1) is 0 Å². The monoisotopic (exact) mass is 229 g/mol. The van der Waals surface area contributed by atoms with Crippen LogP contribution in [0.25, 0.3) is 5.57 Å². The van der Waals surface area contributed by atoms with Crippen LogP contribution in [0.4, 0.5) is 0 Å². The topological polar surface area (TPSA) is 30.0 Å². The Hall–Kier alpha value is -1.44. The molecule has 1 aromatic heterocycles. The Morgan fingerprint density at radius 3 is 2.88 bits per heavy atom. The van der Waals surface area contributed by atoms with Crippen LogP contribution < -0.4 is 0 Å². The molecular formula is C15H19NO. The van der Waals surface area contributed by atoms with Gasteiger partial charge in [0.1, 0.15) is 0 Å². The second-order valence-electron chi connectivity index (χ2n) is 4.60. The van der Waals surface area contributed by atoms with Gasteiger partial charge >= 0.3 is 0 Å². The molecule has 0 saturated heterocycles. The number of ketones is 1. The van der Waals surface area contributed by atoms with Crippen molar-refractivity contribution in [1.29, 1.82) is 0 Å². The van der Waals surface area contributed by atoms with Crippen molar-refractivity contribution >= 4 is 11.4 Å². The average molecular weight is 229 g/mol. The van der Waals surface area contributed by atoms with Crippen molar-refractivity contribution < 1.29 is 4.79 Å². The third kappa shape index (κ3) is 2.82. The molecule has 0 spiro atoms. The quantitative estimate of drug-likeness (QED) is 0.719. The van der Waals surface area contributed by atoms with Gasteiger partial charge in [0.05, 0.1) is 0 Å². The number of allylic oxidation sites excluding steroid dienone is 2. The van der Waals surface area contributed by atoms with Gasteiger partial charge in [-0.25, -0.2) is 0 Å². The number of rotatable bonds is 5. The van der Waals surface area contributed by atoms with Crippen LogP contribution in [0.1, 0.15) is 51.0 Å². The number of hydrogen-bond donors (Lipinski definition) is 0. The lowest BCUT2D eigenvalue weighted by Gasteiger charge is -2.06. The molecule has 1 aromatic rings. The summed E-state index contributed by atoms with van der Waals surface area (Å²) in [6, 6.07) is 3.89. The normalized spacial score (nSPS) is 15.7. The first-order valence-electron chi connectivity index (χ1n) is 6.48. The first-order valence-corrected chi connectivity index (χ1v) is 6.48. The summed E-state index contributed by atoms with van der Waals surface area (Å²) >= 11 is 0. The molecule has 2 rings (SSSR count). The van der Waals surface area contributed by atoms with Crippen LogP contribution in [0.2, 0.25) is 0 Å². The average Bonchev–Trinajstić information content (AvgIpc) is 2.72. The zero-order valence-corrected chi connectivity index (χ0v) is 10.4. The SMILES string of the molecule is CCCCCC1=C(c2cccnc2)C(=O)CC1. The summed E-state index contributed by atoms with van der Waals surface area (Å²) in [5, 5.41) is 0. The Morgan fingerprint density at radius 2 is 2.18 bits per heavy atom. The molecule has 1 aliphatic rings. The van der Waals surface area contributed by atoms with E-state index in [-0.39, 0.29) is 0 Å². The van der Waals surface area contributed by atoms with E-state index >= 15 is 0 Å². The van der Waals surface area contributed by atoms with E-state index in [2.05, 4.69) is 11.9 Å². The Kier molecular flexibility index (Phi) is 4.08. The first-order chi connectivity index (χ1) is 8.33. The number of pyridine rings is 1. The van der Waals surface area contributed by atoms with Gasteiger partial charge in [0.25, 0.3) is 0 Å². The largest absolute Gasteiger partial charge is 0.294 e. The van der Waals surface area contributed by atoms with Crippen LogP contribution >= 0.6 is 0 Å². The van der Waals surface area contributed by atoms with Crippen molar-refractivity contribution in [2.75, 3.05) is 0 Å². The fourth-order valence-electron chi connectivity index (χ4n) is 2.43. The lowest BCUT2D eigenvalue weighted by molar-refractivity contribution is -0.113. The highest BCUT2D eigenvalue weighted by Crippen LogP contribution is 2.33. The molecule has 2 heteroatoms. The van der Waals surface area contributed by atoms with Crippen molar-refractivity contribution in [3.05, 3.63) is 35.7 Å². The third-order valence-corrected chi connectivity index (χ3v) is 3.32. The fraction of sp³-hybridized carbons (Fsp3) is 0.467. The van der Waals surface area contributed by atoms with Gasteiger partial charge in [0.15, 0.2) is 5.78 Å². The van der Waals surface area contributed by atoms with Gasteiger partial charge in [-0.1, -0.05) is 31.4 Å². The number of nitrogens with zero attached hydrogens (tertiary/aromatic N) is 1. The van der Waals surface area contributed by atoms with E-state index in [1.54, 1.807) is 12.4 Å². The molecule has 0 aliphatic heterocycles. The summed E-state index contributed by atoms with van der Waals surface area (Å²) in [5.41, 5.74) is 3.30. The second-order valence-corrected chi connectivity index (χ2v) is 4.60. The number of carbonyl (C=O) groups excluding carboxylic acids is 1. The summed E-state index contributed by atoms with van der Waals surface area (Å²) in [4.78, 5) is 16.0. The summed E-state index contributed by atoms with van der Waals surface area (Å²) in [6.45, 7) is 2.20. The molecular weight excluding hydrogens is 210 g/mol. The summed E-state index contributed by atoms with van der Waals surface area (Å²) < 4.78 is 0. The Bertz CT molecular complexity index is 420. The molecule has 0 bridgehead atoms. The van der Waals surface area contributed by atoms with Crippen LogP contribution in [0.5, 0.6) is 0 Å². The number of Topliss-reactive ketones (excluding diaryl/α,β-unsaturated/α-hetero) is 1. The number of carbonyl (C=O) groups is 1. The predicted octanol–water partition coefficient (Wildman–Crippen LogP) is 3.78. The van der Waals surface area contributed by atoms with Crippen LogP contribution in [-0.2, 0) is 4.79 Å². The van der Waals surface area contributed by atoms with E-state index in [9.17, 15) is 4.79 Å².